The summed E-state index contributed by atoms with van der Waals surface area (Å²) in [6.07, 6.45) is 5.17. The predicted molar refractivity (Wildman–Crippen MR) is 433 cm³/mol. The number of carbonyl (C=O) groups is 4. The van der Waals surface area contributed by atoms with Gasteiger partial charge in [-0.15, -0.1) is 0 Å². The molecule has 0 spiro atoms. The second-order valence-corrected chi connectivity index (χ2v) is 34.0. The van der Waals surface area contributed by atoms with Gasteiger partial charge in [0.25, 0.3) is 0 Å². The molecule has 14 nitrogen and oxygen atoms in total. The fourth-order valence-electron chi connectivity index (χ4n) is 16.2. The Bertz CT molecular complexity index is 4300. The SMILES string of the molecule is C.C.COC(=O)C[C@@H]1c2cc(O)ccc2CC1(C)C.COC(=O)C[C@@H]1c2cc(OCc3ccc(-c4cc(OC)ccc4F)c(C(C)(C)C)c3)ccc2CC1(C)C.COC(=O)C[C@H]1c2cc(O)ccc2CC1(C)C.COC(=O)C[C@H]1c2cc(OCc3ccc(-c4cc(OC)ccc4F)c(C(C)(C)C)c3)ccc2CC1(C)C. The van der Waals surface area contributed by atoms with Gasteiger partial charge in [-0.3, -0.25) is 19.2 Å². The summed E-state index contributed by atoms with van der Waals surface area (Å²) in [6.45, 7) is 30.9. The van der Waals surface area contributed by atoms with Crippen LogP contribution in [0.1, 0.15) is 228 Å². The van der Waals surface area contributed by atoms with Gasteiger partial charge in [-0.25, -0.2) is 8.78 Å². The summed E-state index contributed by atoms with van der Waals surface area (Å²) in [4.78, 5) is 47.1. The summed E-state index contributed by atoms with van der Waals surface area (Å²) in [5.41, 5.74) is 15.9. The Labute approximate surface area is 652 Å². The molecular formula is C94H118F2O14. The Hall–Kier alpha value is -9.70. The first-order valence-electron chi connectivity index (χ1n) is 37.1. The van der Waals surface area contributed by atoms with Crippen molar-refractivity contribution in [2.24, 2.45) is 21.7 Å². The van der Waals surface area contributed by atoms with Gasteiger partial charge in [0.1, 0.15) is 59.3 Å². The van der Waals surface area contributed by atoms with Gasteiger partial charge in [-0.05, 0) is 221 Å². The van der Waals surface area contributed by atoms with Crippen molar-refractivity contribution in [3.8, 4) is 56.8 Å². The van der Waals surface area contributed by atoms with Crippen molar-refractivity contribution in [3.05, 3.63) is 224 Å². The Kier molecular flexibility index (Phi) is 28.3. The second-order valence-electron chi connectivity index (χ2n) is 34.0. The van der Waals surface area contributed by atoms with Crippen LogP contribution in [0.3, 0.4) is 0 Å². The van der Waals surface area contributed by atoms with Crippen molar-refractivity contribution in [3.63, 3.8) is 0 Å². The highest BCUT2D eigenvalue weighted by molar-refractivity contribution is 5.75. The number of ether oxygens (including phenoxy) is 8. The number of methoxy groups -OCH3 is 6. The molecular weight excluding hydrogens is 1390 g/mol. The lowest BCUT2D eigenvalue weighted by atomic mass is 9.78. The van der Waals surface area contributed by atoms with Gasteiger partial charge in [0.2, 0.25) is 0 Å². The molecule has 8 aromatic carbocycles. The molecule has 0 radical (unpaired) electrons. The molecule has 0 heterocycles. The first-order valence-corrected chi connectivity index (χ1v) is 37.1. The molecule has 0 fully saturated rings. The third kappa shape index (κ3) is 20.6. The van der Waals surface area contributed by atoms with E-state index in [-0.39, 0.29) is 118 Å². The Morgan fingerprint density at radius 3 is 0.909 bits per heavy atom. The number of carbonyl (C=O) groups excluding carboxylic acids is 4. The lowest BCUT2D eigenvalue weighted by Gasteiger charge is -2.26. The average molecular weight is 1510 g/mol. The second kappa shape index (κ2) is 35.5. The van der Waals surface area contributed by atoms with Crippen LogP contribution in [0.15, 0.2) is 146 Å². The Morgan fingerprint density at radius 2 is 0.636 bits per heavy atom. The topological polar surface area (TPSA) is 183 Å². The number of rotatable bonds is 18. The lowest BCUT2D eigenvalue weighted by molar-refractivity contribution is -0.142. The standard InChI is InChI=1S/2C32H37FO4.2C14H18O3.2CH4/c2*1-31(2,3)27-14-20(8-12-24(27)26-15-22(35-6)11-13-29(26)33)19-37-23-10-9-21-18-32(4,5)28(25(21)16-23)17-30(34)36-7;2*1-14(2)8-9-4-5-10(15)6-11(9)12(14)7-13(16)17-3;;/h2*8-16,28H,17-19H2,1-7H3;2*4-6,12,15H,7-8H2,1-3H3;2*1H4/t2*28-;2*12-;;/m1010../s1. The van der Waals surface area contributed by atoms with Gasteiger partial charge < -0.3 is 48.1 Å². The molecule has 2 N–H and O–H groups in total. The van der Waals surface area contributed by atoms with Crippen LogP contribution in [0.25, 0.3) is 22.3 Å². The van der Waals surface area contributed by atoms with Crippen LogP contribution in [-0.4, -0.2) is 76.7 Å². The zero-order valence-electron chi connectivity index (χ0n) is 66.8. The molecule has 0 aliphatic heterocycles. The molecule has 0 aromatic heterocycles. The van der Waals surface area contributed by atoms with Crippen LogP contribution in [0, 0.1) is 33.3 Å². The van der Waals surface area contributed by atoms with E-state index in [0.29, 0.717) is 61.5 Å². The normalized spacial score (nSPS) is 17.4. The Balaban J connectivity index is 0.000000215. The van der Waals surface area contributed by atoms with Gasteiger partial charge in [0, 0.05) is 34.8 Å². The highest BCUT2D eigenvalue weighted by Gasteiger charge is 2.44. The highest BCUT2D eigenvalue weighted by Crippen LogP contribution is 2.54. The van der Waals surface area contributed by atoms with E-state index in [1.165, 1.54) is 62.8 Å². The molecule has 4 atom stereocenters. The molecule has 4 aliphatic carbocycles. The number of aromatic hydroxyl groups is 2. The number of hydrogen-bond donors (Lipinski definition) is 2. The van der Waals surface area contributed by atoms with E-state index in [2.05, 4.69) is 133 Å². The number of hydrogen-bond acceptors (Lipinski definition) is 14. The molecule has 12 rings (SSSR count). The fourth-order valence-corrected chi connectivity index (χ4v) is 16.2. The summed E-state index contributed by atoms with van der Waals surface area (Å²) in [5.74, 6) is 2.38. The van der Waals surface area contributed by atoms with E-state index in [9.17, 15) is 38.2 Å². The van der Waals surface area contributed by atoms with Crippen molar-refractivity contribution in [1.29, 1.82) is 0 Å². The summed E-state index contributed by atoms with van der Waals surface area (Å²) in [7, 11) is 8.86. The number of halogens is 2. The van der Waals surface area contributed by atoms with E-state index in [4.69, 9.17) is 37.9 Å². The van der Waals surface area contributed by atoms with E-state index in [1.54, 1.807) is 62.8 Å². The third-order valence-electron chi connectivity index (χ3n) is 22.3. The predicted octanol–water partition coefficient (Wildman–Crippen LogP) is 21.7. The molecule has 110 heavy (non-hydrogen) atoms. The zero-order chi connectivity index (χ0) is 79.2. The number of phenols is 2. The minimum absolute atomic E-state index is 0. The summed E-state index contributed by atoms with van der Waals surface area (Å²) in [5, 5.41) is 19.1. The maximum Gasteiger partial charge on any atom is 0.306 e. The van der Waals surface area contributed by atoms with Gasteiger partial charge in [0.05, 0.1) is 68.3 Å². The van der Waals surface area contributed by atoms with Gasteiger partial charge in [-0.1, -0.05) is 172 Å². The lowest BCUT2D eigenvalue weighted by Crippen LogP contribution is -2.21. The molecule has 8 aromatic rings. The van der Waals surface area contributed by atoms with E-state index < -0.39 is 0 Å². The minimum atomic E-state index is -0.280. The molecule has 4 aliphatic rings. The van der Waals surface area contributed by atoms with Crippen LogP contribution in [0.5, 0.6) is 34.5 Å². The van der Waals surface area contributed by atoms with Crippen LogP contribution in [0.4, 0.5) is 8.78 Å². The fraction of sp³-hybridized carbons (Fsp3) is 0.447. The molecule has 0 bridgehead atoms. The first kappa shape index (κ1) is 87.5. The number of esters is 4. The first-order chi connectivity index (χ1) is 50.7. The van der Waals surface area contributed by atoms with Gasteiger partial charge in [-0.2, -0.15) is 0 Å². The average Bonchev–Trinajstić information content (AvgIpc) is 1.47. The highest BCUT2D eigenvalue weighted by atomic mass is 19.1. The van der Waals surface area contributed by atoms with Crippen molar-refractivity contribution >= 4 is 23.9 Å². The maximum absolute atomic E-state index is 14.8. The molecule has 592 valence electrons. The van der Waals surface area contributed by atoms with Gasteiger partial charge in [0.15, 0.2) is 0 Å². The van der Waals surface area contributed by atoms with Crippen LogP contribution >= 0.6 is 0 Å². The van der Waals surface area contributed by atoms with Crippen molar-refractivity contribution in [2.75, 3.05) is 42.7 Å². The van der Waals surface area contributed by atoms with Crippen LogP contribution < -0.4 is 18.9 Å². The summed E-state index contributed by atoms with van der Waals surface area (Å²) in [6, 6.07) is 45.0. The van der Waals surface area contributed by atoms with E-state index >= 15 is 0 Å². The van der Waals surface area contributed by atoms with Crippen molar-refractivity contribution < 1.29 is 76.1 Å². The monoisotopic (exact) mass is 1510 g/mol. The Morgan fingerprint density at radius 1 is 0.364 bits per heavy atom. The third-order valence-corrected chi connectivity index (χ3v) is 22.3. The van der Waals surface area contributed by atoms with Crippen molar-refractivity contribution in [2.45, 2.75) is 211 Å². The summed E-state index contributed by atoms with van der Waals surface area (Å²) >= 11 is 0. The number of phenolic OH excluding ortho intramolecular Hbond substituents is 2. The molecule has 0 unspecified atom stereocenters. The molecule has 0 saturated carbocycles. The summed E-state index contributed by atoms with van der Waals surface area (Å²) < 4.78 is 72.2. The van der Waals surface area contributed by atoms with Crippen LogP contribution in [-0.2, 0) is 87.9 Å². The van der Waals surface area contributed by atoms with Crippen molar-refractivity contribution in [1.82, 2.24) is 0 Å². The smallest absolute Gasteiger partial charge is 0.306 e. The molecule has 16 heteroatoms. The minimum Gasteiger partial charge on any atom is -0.508 e. The zero-order valence-corrected chi connectivity index (χ0v) is 66.8. The van der Waals surface area contributed by atoms with E-state index in [0.717, 1.165) is 92.8 Å². The maximum atomic E-state index is 14.8. The quantitative estimate of drug-likeness (QED) is 0.0611. The van der Waals surface area contributed by atoms with Crippen LogP contribution in [0.2, 0.25) is 0 Å². The van der Waals surface area contributed by atoms with E-state index in [1.807, 2.05) is 48.5 Å². The molecule has 0 saturated heterocycles. The van der Waals surface area contributed by atoms with Gasteiger partial charge >= 0.3 is 23.9 Å². The number of benzene rings is 8. The number of fused-ring (bicyclic) bond motifs is 4. The molecule has 0 amide bonds. The largest absolute Gasteiger partial charge is 0.508 e.